The molecular formula is C107H88N16O13. The maximum absolute atomic E-state index is 13.2. The average Bonchev–Trinajstić information content (AvgIpc) is 0.796. The van der Waals surface area contributed by atoms with Gasteiger partial charge >= 0.3 is 0 Å². The molecule has 8 aromatic carbocycles. The van der Waals surface area contributed by atoms with Gasteiger partial charge < -0.3 is 45.3 Å². The molecule has 136 heavy (non-hydrogen) atoms. The van der Waals surface area contributed by atoms with Crippen LogP contribution < -0.4 is 62.5 Å². The monoisotopic (exact) mass is 1800 g/mol. The van der Waals surface area contributed by atoms with Crippen molar-refractivity contribution in [3.05, 3.63) is 448 Å². The molecule has 0 aliphatic carbocycles. The zero-order chi connectivity index (χ0) is 95.8. The lowest BCUT2D eigenvalue weighted by Crippen LogP contribution is -2.27. The Morgan fingerprint density at radius 3 is 0.640 bits per heavy atom. The molecule has 29 nitrogen and oxygen atoms in total. The number of hydrogen-bond acceptors (Lipinski definition) is 21. The predicted octanol–water partition coefficient (Wildman–Crippen LogP) is 15.4. The molecule has 0 bridgehead atoms. The molecule has 0 atom stereocenters. The van der Waals surface area contributed by atoms with Gasteiger partial charge in [-0.2, -0.15) is 41.0 Å². The van der Waals surface area contributed by atoms with E-state index in [-0.39, 0.29) is 74.2 Å². The number of aromatic nitrogens is 8. The summed E-state index contributed by atoms with van der Waals surface area (Å²) in [6, 6.07) is 102. The number of para-hydroxylation sites is 4. The zero-order valence-corrected chi connectivity index (χ0v) is 73.6. The minimum absolute atomic E-state index is 0.0114. The van der Waals surface area contributed by atoms with Crippen molar-refractivity contribution in [1.82, 2.24) is 58.8 Å². The minimum Gasteiger partial charge on any atom is -0.438 e. The smallest absolute Gasteiger partial charge is 0.269 e. The predicted molar refractivity (Wildman–Crippen MR) is 516 cm³/mol. The summed E-state index contributed by atoms with van der Waals surface area (Å²) in [5, 5.41) is 57.4. The van der Waals surface area contributed by atoms with Crippen LogP contribution in [0.2, 0.25) is 0 Å². The van der Waals surface area contributed by atoms with Crippen LogP contribution in [0.1, 0.15) is 58.4 Å². The van der Waals surface area contributed by atoms with Gasteiger partial charge in [0.15, 0.2) is 0 Å². The lowest BCUT2D eigenvalue weighted by molar-refractivity contribution is -0.117. The fraction of sp³-hybridized carbons (Fsp3) is 0.103. The number of carbonyl (C=O) groups is 4. The van der Waals surface area contributed by atoms with Gasteiger partial charge in [-0.05, 0) is 183 Å². The van der Waals surface area contributed by atoms with Gasteiger partial charge in [-0.25, -0.2) is 0 Å². The van der Waals surface area contributed by atoms with Crippen molar-refractivity contribution < 1.29 is 43.2 Å². The Labute approximate surface area is 780 Å². The Bertz CT molecular complexity index is 6560. The third kappa shape index (κ3) is 27.6. The van der Waals surface area contributed by atoms with E-state index in [1.807, 2.05) is 170 Å². The largest absolute Gasteiger partial charge is 0.438 e. The van der Waals surface area contributed by atoms with Crippen LogP contribution >= 0.6 is 0 Å². The third-order valence-corrected chi connectivity index (χ3v) is 19.6. The van der Waals surface area contributed by atoms with E-state index in [4.69, 9.17) is 24.1 Å². The van der Waals surface area contributed by atoms with Crippen LogP contribution in [0.15, 0.2) is 382 Å². The highest BCUT2D eigenvalue weighted by atomic mass is 16.5. The maximum Gasteiger partial charge on any atom is 0.269 e. The van der Waals surface area contributed by atoms with Gasteiger partial charge in [0.25, 0.3) is 45.9 Å². The summed E-state index contributed by atoms with van der Waals surface area (Å²) in [6.07, 6.45) is 13.5. The SMILES string of the molecule is CC(C)O.N#C/C(=C\c1c(Oc2ccccc2)nc2ccccn2c1=O)C(=O)NCCc1ccccc1.N#C/C(=C\c1c(Oc2ccccc2)nc2ccccn2c1=O)C(=O)NCCc1ccccc1.N#C/C(=C\c1c(Oc2ccccc2)nc2ccccn2c1=O)C(=O)NCCc1ccccc1.N#C/C(=C\c1c(Oc2ccccc2)nc2ccccn2c1=O)C(=O)NCCc1ccccc1. The molecule has 0 aliphatic heterocycles. The van der Waals surface area contributed by atoms with Crippen LogP contribution in [0.4, 0.5) is 0 Å². The minimum atomic E-state index is -0.573. The number of pyridine rings is 4. The van der Waals surface area contributed by atoms with Crippen LogP contribution in [0.5, 0.6) is 46.5 Å². The molecule has 8 aromatic heterocycles. The number of aliphatic hydroxyl groups is 1. The lowest BCUT2D eigenvalue weighted by atomic mass is 10.1. The molecule has 16 aromatic rings. The number of amides is 4. The van der Waals surface area contributed by atoms with Crippen LogP contribution in [0.3, 0.4) is 0 Å². The van der Waals surface area contributed by atoms with Crippen molar-refractivity contribution in [2.45, 2.75) is 45.6 Å². The topological polar surface area (TPSA) is 406 Å². The second kappa shape index (κ2) is 49.6. The Morgan fingerprint density at radius 1 is 0.294 bits per heavy atom. The summed E-state index contributed by atoms with van der Waals surface area (Å²) >= 11 is 0. The molecule has 0 saturated carbocycles. The van der Waals surface area contributed by atoms with Gasteiger partial charge in [0.2, 0.25) is 23.5 Å². The molecule has 0 fully saturated rings. The van der Waals surface area contributed by atoms with E-state index in [9.17, 15) is 59.4 Å². The van der Waals surface area contributed by atoms with E-state index in [0.717, 1.165) is 22.3 Å². The summed E-state index contributed by atoms with van der Waals surface area (Å²) in [4.78, 5) is 121. The van der Waals surface area contributed by atoms with E-state index in [2.05, 4.69) is 41.2 Å². The van der Waals surface area contributed by atoms with Crippen molar-refractivity contribution in [3.8, 4) is 70.8 Å². The molecule has 5 N–H and O–H groups in total. The van der Waals surface area contributed by atoms with Crippen LogP contribution in [0, 0.1) is 45.3 Å². The highest BCUT2D eigenvalue weighted by Gasteiger charge is 2.23. The number of nitrogens with one attached hydrogen (secondary N) is 4. The van der Waals surface area contributed by atoms with Gasteiger partial charge in [0.05, 0.1) is 0 Å². The van der Waals surface area contributed by atoms with Crippen molar-refractivity contribution >= 4 is 70.5 Å². The molecule has 674 valence electrons. The molecule has 0 saturated heterocycles. The van der Waals surface area contributed by atoms with Gasteiger partial charge in [-0.15, -0.1) is 0 Å². The summed E-state index contributed by atoms with van der Waals surface area (Å²) in [6.45, 7) is 4.85. The zero-order valence-electron chi connectivity index (χ0n) is 73.6. The molecular weight excluding hydrogens is 1720 g/mol. The van der Waals surface area contributed by atoms with Crippen molar-refractivity contribution in [2.24, 2.45) is 0 Å². The number of rotatable bonds is 28. The van der Waals surface area contributed by atoms with Gasteiger partial charge in [0, 0.05) is 57.1 Å². The number of benzene rings is 8. The normalized spacial score (nSPS) is 11.0. The van der Waals surface area contributed by atoms with Crippen molar-refractivity contribution in [2.75, 3.05) is 26.2 Å². The van der Waals surface area contributed by atoms with Gasteiger partial charge in [-0.1, -0.05) is 218 Å². The van der Waals surface area contributed by atoms with E-state index in [1.165, 1.54) is 41.9 Å². The van der Waals surface area contributed by atoms with Gasteiger partial charge in [0.1, 0.15) is 114 Å². The lowest BCUT2D eigenvalue weighted by Gasteiger charge is -2.10. The van der Waals surface area contributed by atoms with Crippen molar-refractivity contribution in [1.29, 1.82) is 21.0 Å². The maximum atomic E-state index is 13.2. The second-order valence-electron chi connectivity index (χ2n) is 29.7. The molecule has 4 amide bonds. The number of carbonyl (C=O) groups excluding carboxylic acids is 4. The standard InChI is InChI=1S/4C26H20N4O3.C3H8O/c4*27-18-20(24(31)28-15-14-19-9-3-1-4-10-19)17-22-25(33-21-11-5-2-6-12-21)29-23-13-7-8-16-30(23)26(22)32;1-3(2)4/h4*1-13,16-17H,14-15H2,(H,28,31);3-4H,1-2H3/b4*20-17+;. The summed E-state index contributed by atoms with van der Waals surface area (Å²) in [5.41, 5.74) is 3.21. The first-order valence-electron chi connectivity index (χ1n) is 42.8. The first-order valence-corrected chi connectivity index (χ1v) is 42.8. The summed E-state index contributed by atoms with van der Waals surface area (Å²) in [5.74, 6) is -0.318. The van der Waals surface area contributed by atoms with E-state index in [1.54, 1.807) is 208 Å². The number of hydrogen-bond donors (Lipinski definition) is 5. The molecule has 0 aliphatic rings. The van der Waals surface area contributed by atoms with Crippen LogP contribution in [-0.4, -0.2) is 98.6 Å². The number of fused-ring (bicyclic) bond motifs is 4. The number of nitriles is 4. The highest BCUT2D eigenvalue weighted by molar-refractivity contribution is 6.04. The Kier molecular flexibility index (Phi) is 35.1. The Balaban J connectivity index is 0.000000161. The van der Waals surface area contributed by atoms with Crippen molar-refractivity contribution in [3.63, 3.8) is 0 Å². The molecule has 8 heterocycles. The fourth-order valence-electron chi connectivity index (χ4n) is 12.9. The van der Waals surface area contributed by atoms with E-state index < -0.39 is 45.9 Å². The summed E-state index contributed by atoms with van der Waals surface area (Å²) in [7, 11) is 0. The average molecular weight is 1810 g/mol. The second-order valence-corrected chi connectivity index (χ2v) is 29.7. The number of aliphatic hydroxyl groups excluding tert-OH is 1. The Hall–Kier alpha value is -18.8. The van der Waals surface area contributed by atoms with Crippen LogP contribution in [0.25, 0.3) is 46.9 Å². The van der Waals surface area contributed by atoms with E-state index >= 15 is 0 Å². The molecule has 29 heteroatoms. The fourth-order valence-corrected chi connectivity index (χ4v) is 12.9. The first-order chi connectivity index (χ1) is 66.3. The molecule has 0 spiro atoms. The number of ether oxygens (including phenoxy) is 4. The van der Waals surface area contributed by atoms with E-state index in [0.29, 0.717) is 97.4 Å². The molecule has 16 rings (SSSR count). The van der Waals surface area contributed by atoms with Gasteiger partial charge in [-0.3, -0.25) is 56.0 Å². The third-order valence-electron chi connectivity index (χ3n) is 19.6. The Morgan fingerprint density at radius 2 is 0.463 bits per heavy atom. The summed E-state index contributed by atoms with van der Waals surface area (Å²) < 4.78 is 28.8. The molecule has 0 unspecified atom stereocenters. The highest BCUT2D eigenvalue weighted by Crippen LogP contribution is 2.29. The number of nitrogens with zero attached hydrogens (tertiary/aromatic N) is 12. The molecule has 0 radical (unpaired) electrons. The van der Waals surface area contributed by atoms with Crippen LogP contribution in [-0.2, 0) is 44.9 Å². The quantitative estimate of drug-likeness (QED) is 0.0225. The first kappa shape index (κ1) is 96.2.